The molecule has 3 nitrogen and oxygen atoms in total. The van der Waals surface area contributed by atoms with Gasteiger partial charge in [0.2, 0.25) is 0 Å². The molecule has 4 heteroatoms. The normalized spacial score (nSPS) is 19.1. The minimum absolute atomic E-state index is 0.0275. The average molecular weight is 314 g/mol. The van der Waals surface area contributed by atoms with Gasteiger partial charge in [-0.25, -0.2) is 0 Å². The van der Waals surface area contributed by atoms with Crippen LogP contribution in [0.1, 0.15) is 24.8 Å². The summed E-state index contributed by atoms with van der Waals surface area (Å²) >= 11 is 3.56. The van der Waals surface area contributed by atoms with E-state index >= 15 is 0 Å². The maximum atomic E-state index is 6.33. The first kappa shape index (κ1) is 13.8. The van der Waals surface area contributed by atoms with Crippen LogP contribution in [0.15, 0.2) is 22.7 Å². The molecule has 0 spiro atoms. The standard InChI is InChI=1S/C14H20BrNO2/c1-17-11-4-5-12(15)10(8-11)9-13(16)14(18-2)6-3-7-14/h4-5,8,13H,3,6-7,9,16H2,1-2H3. The molecule has 1 aromatic carbocycles. The molecule has 0 bridgehead atoms. The molecular formula is C14H20BrNO2. The van der Waals surface area contributed by atoms with Gasteiger partial charge in [0.25, 0.3) is 0 Å². The number of hydrogen-bond acceptors (Lipinski definition) is 3. The van der Waals surface area contributed by atoms with Crippen LogP contribution in [0.5, 0.6) is 5.75 Å². The molecule has 0 aromatic heterocycles. The Morgan fingerprint density at radius 1 is 1.39 bits per heavy atom. The Hall–Kier alpha value is -0.580. The van der Waals surface area contributed by atoms with Crippen LogP contribution >= 0.6 is 15.9 Å². The molecule has 2 rings (SSSR count). The zero-order chi connectivity index (χ0) is 13.2. The first-order valence-electron chi connectivity index (χ1n) is 6.24. The number of ether oxygens (including phenoxy) is 2. The van der Waals surface area contributed by atoms with Crippen molar-refractivity contribution in [2.75, 3.05) is 14.2 Å². The fourth-order valence-corrected chi connectivity index (χ4v) is 2.92. The summed E-state index contributed by atoms with van der Waals surface area (Å²) in [5.41, 5.74) is 7.38. The molecule has 0 heterocycles. The quantitative estimate of drug-likeness (QED) is 0.909. The third kappa shape index (κ3) is 2.56. The Labute approximate surface area is 117 Å². The lowest BCUT2D eigenvalue weighted by Gasteiger charge is -2.45. The molecule has 1 unspecified atom stereocenters. The van der Waals surface area contributed by atoms with E-state index in [4.69, 9.17) is 15.2 Å². The largest absolute Gasteiger partial charge is 0.497 e. The highest BCUT2D eigenvalue weighted by atomic mass is 79.9. The first-order chi connectivity index (χ1) is 8.61. The Morgan fingerprint density at radius 2 is 2.11 bits per heavy atom. The number of rotatable bonds is 5. The van der Waals surface area contributed by atoms with Crippen molar-refractivity contribution in [3.63, 3.8) is 0 Å². The predicted octanol–water partition coefficient (Wildman–Crippen LogP) is 2.90. The topological polar surface area (TPSA) is 44.5 Å². The molecule has 1 aromatic rings. The number of hydrogen-bond donors (Lipinski definition) is 1. The summed E-state index contributed by atoms with van der Waals surface area (Å²) in [7, 11) is 3.44. The first-order valence-corrected chi connectivity index (χ1v) is 7.04. The fraction of sp³-hybridized carbons (Fsp3) is 0.571. The third-order valence-corrected chi connectivity index (χ3v) is 4.75. The van der Waals surface area contributed by atoms with Crippen molar-refractivity contribution in [3.8, 4) is 5.75 Å². The number of benzene rings is 1. The number of nitrogens with two attached hydrogens (primary N) is 1. The summed E-state index contributed by atoms with van der Waals surface area (Å²) in [4.78, 5) is 0. The molecule has 0 aliphatic heterocycles. The molecule has 0 amide bonds. The zero-order valence-electron chi connectivity index (χ0n) is 10.9. The summed E-state index contributed by atoms with van der Waals surface area (Å²) in [5.74, 6) is 0.862. The van der Waals surface area contributed by atoms with Crippen LogP contribution in [0.2, 0.25) is 0 Å². The maximum Gasteiger partial charge on any atom is 0.119 e. The van der Waals surface area contributed by atoms with Crippen molar-refractivity contribution in [1.29, 1.82) is 0 Å². The summed E-state index contributed by atoms with van der Waals surface area (Å²) in [6.07, 6.45) is 4.13. The molecule has 1 aliphatic carbocycles. The minimum Gasteiger partial charge on any atom is -0.497 e. The molecule has 1 atom stereocenters. The van der Waals surface area contributed by atoms with Gasteiger partial charge < -0.3 is 15.2 Å². The van der Waals surface area contributed by atoms with Crippen LogP contribution in [0.4, 0.5) is 0 Å². The summed E-state index contributed by atoms with van der Waals surface area (Å²) in [5, 5.41) is 0. The van der Waals surface area contributed by atoms with Crippen LogP contribution < -0.4 is 10.5 Å². The van der Waals surface area contributed by atoms with E-state index in [1.807, 2.05) is 18.2 Å². The number of methoxy groups -OCH3 is 2. The number of halogens is 1. The Morgan fingerprint density at radius 3 is 2.61 bits per heavy atom. The van der Waals surface area contributed by atoms with E-state index < -0.39 is 0 Å². The van der Waals surface area contributed by atoms with Gasteiger partial charge in [0.05, 0.1) is 12.7 Å². The second kappa shape index (κ2) is 5.59. The molecule has 1 aliphatic rings. The highest BCUT2D eigenvalue weighted by Gasteiger charge is 2.42. The van der Waals surface area contributed by atoms with Gasteiger partial charge in [-0.2, -0.15) is 0 Å². The highest BCUT2D eigenvalue weighted by Crippen LogP contribution is 2.39. The SMILES string of the molecule is COc1ccc(Br)c(CC(N)C2(OC)CCC2)c1. The maximum absolute atomic E-state index is 6.33. The fourth-order valence-electron chi connectivity index (χ4n) is 2.51. The second-order valence-electron chi connectivity index (χ2n) is 4.89. The van der Waals surface area contributed by atoms with Gasteiger partial charge >= 0.3 is 0 Å². The van der Waals surface area contributed by atoms with E-state index in [1.54, 1.807) is 14.2 Å². The van der Waals surface area contributed by atoms with Crippen molar-refractivity contribution in [2.45, 2.75) is 37.3 Å². The molecule has 100 valence electrons. The van der Waals surface area contributed by atoms with Crippen molar-refractivity contribution >= 4 is 15.9 Å². The lowest BCUT2D eigenvalue weighted by atomic mass is 9.73. The molecule has 2 N–H and O–H groups in total. The smallest absolute Gasteiger partial charge is 0.119 e. The van der Waals surface area contributed by atoms with Gasteiger partial charge in [0.1, 0.15) is 5.75 Å². The summed E-state index contributed by atoms with van der Waals surface area (Å²) in [6.45, 7) is 0. The molecule has 18 heavy (non-hydrogen) atoms. The molecular weight excluding hydrogens is 294 g/mol. The zero-order valence-corrected chi connectivity index (χ0v) is 12.5. The van der Waals surface area contributed by atoms with E-state index in [2.05, 4.69) is 15.9 Å². The summed E-state index contributed by atoms with van der Waals surface area (Å²) in [6, 6.07) is 6.00. The van der Waals surface area contributed by atoms with Crippen molar-refractivity contribution in [3.05, 3.63) is 28.2 Å². The van der Waals surface area contributed by atoms with Crippen molar-refractivity contribution in [1.82, 2.24) is 0 Å². The van der Waals surface area contributed by atoms with Gasteiger partial charge in [-0.15, -0.1) is 0 Å². The molecule has 0 radical (unpaired) electrons. The molecule has 0 saturated heterocycles. The average Bonchev–Trinajstić information content (AvgIpc) is 2.31. The Balaban J connectivity index is 2.13. The van der Waals surface area contributed by atoms with E-state index in [0.29, 0.717) is 0 Å². The van der Waals surface area contributed by atoms with Gasteiger partial charge in [0, 0.05) is 17.6 Å². The van der Waals surface area contributed by atoms with Gasteiger partial charge in [-0.05, 0) is 49.4 Å². The van der Waals surface area contributed by atoms with Crippen molar-refractivity contribution in [2.24, 2.45) is 5.73 Å². The monoisotopic (exact) mass is 313 g/mol. The lowest BCUT2D eigenvalue weighted by Crippen LogP contribution is -2.55. The van der Waals surface area contributed by atoms with Crippen LogP contribution in [0.25, 0.3) is 0 Å². The lowest BCUT2D eigenvalue weighted by molar-refractivity contribution is -0.0897. The molecule has 1 fully saturated rings. The van der Waals surface area contributed by atoms with Crippen LogP contribution in [-0.4, -0.2) is 25.9 Å². The van der Waals surface area contributed by atoms with E-state index in [9.17, 15) is 0 Å². The van der Waals surface area contributed by atoms with E-state index in [0.717, 1.165) is 29.5 Å². The van der Waals surface area contributed by atoms with Crippen LogP contribution in [0, 0.1) is 0 Å². The van der Waals surface area contributed by atoms with Gasteiger partial charge in [-0.1, -0.05) is 15.9 Å². The Kier molecular flexibility index (Phi) is 4.30. The van der Waals surface area contributed by atoms with Crippen LogP contribution in [-0.2, 0) is 11.2 Å². The van der Waals surface area contributed by atoms with Gasteiger partial charge in [-0.3, -0.25) is 0 Å². The van der Waals surface area contributed by atoms with Crippen molar-refractivity contribution < 1.29 is 9.47 Å². The minimum atomic E-state index is -0.123. The van der Waals surface area contributed by atoms with E-state index in [-0.39, 0.29) is 11.6 Å². The van der Waals surface area contributed by atoms with Gasteiger partial charge in [0.15, 0.2) is 0 Å². The summed E-state index contributed by atoms with van der Waals surface area (Å²) < 4.78 is 12.0. The highest BCUT2D eigenvalue weighted by molar-refractivity contribution is 9.10. The Bertz CT molecular complexity index is 413. The third-order valence-electron chi connectivity index (χ3n) is 3.97. The second-order valence-corrected chi connectivity index (χ2v) is 5.74. The predicted molar refractivity (Wildman–Crippen MR) is 76.0 cm³/mol. The van der Waals surface area contributed by atoms with E-state index in [1.165, 1.54) is 12.0 Å². The molecule has 1 saturated carbocycles. The van der Waals surface area contributed by atoms with Crippen LogP contribution in [0.3, 0.4) is 0 Å².